The molecule has 3 heteroatoms. The van der Waals surface area contributed by atoms with Crippen molar-refractivity contribution in [2.24, 2.45) is 5.41 Å². The predicted octanol–water partition coefficient (Wildman–Crippen LogP) is -0.271. The van der Waals surface area contributed by atoms with Crippen molar-refractivity contribution in [3.63, 3.8) is 0 Å². The van der Waals surface area contributed by atoms with Crippen LogP contribution >= 0.6 is 0 Å². The highest BCUT2D eigenvalue weighted by Gasteiger charge is 2.45. The van der Waals surface area contributed by atoms with E-state index in [2.05, 4.69) is 5.32 Å². The van der Waals surface area contributed by atoms with Gasteiger partial charge in [-0.3, -0.25) is 0 Å². The standard InChI is InChI=1S/C8H17NO2/c1-7(2,11)8(6-10)3-4-9-5-8/h9-11H,3-6H2,1-2H3/t8-/m0/s1. The fourth-order valence-corrected chi connectivity index (χ4v) is 1.59. The first-order valence-electron chi connectivity index (χ1n) is 4.06. The Bertz CT molecular complexity index is 134. The first-order valence-corrected chi connectivity index (χ1v) is 4.06. The van der Waals surface area contributed by atoms with Gasteiger partial charge >= 0.3 is 0 Å². The molecule has 1 aliphatic heterocycles. The van der Waals surface area contributed by atoms with E-state index in [-0.39, 0.29) is 12.0 Å². The van der Waals surface area contributed by atoms with Crippen LogP contribution in [0, 0.1) is 5.41 Å². The maximum Gasteiger partial charge on any atom is 0.0682 e. The lowest BCUT2D eigenvalue weighted by molar-refractivity contribution is -0.0723. The van der Waals surface area contributed by atoms with Crippen LogP contribution in [0.25, 0.3) is 0 Å². The highest BCUT2D eigenvalue weighted by Crippen LogP contribution is 2.36. The van der Waals surface area contributed by atoms with Crippen LogP contribution < -0.4 is 5.32 Å². The maximum absolute atomic E-state index is 9.77. The van der Waals surface area contributed by atoms with Crippen molar-refractivity contribution in [2.75, 3.05) is 19.7 Å². The molecule has 1 heterocycles. The second kappa shape index (κ2) is 2.73. The molecule has 1 fully saturated rings. The van der Waals surface area contributed by atoms with Gasteiger partial charge in [0.2, 0.25) is 0 Å². The minimum absolute atomic E-state index is 0.0590. The van der Waals surface area contributed by atoms with Gasteiger partial charge in [0.25, 0.3) is 0 Å². The molecule has 0 aromatic rings. The van der Waals surface area contributed by atoms with Crippen molar-refractivity contribution >= 4 is 0 Å². The molecule has 0 radical (unpaired) electrons. The second-order valence-electron chi connectivity index (χ2n) is 3.92. The lowest BCUT2D eigenvalue weighted by Gasteiger charge is -2.38. The van der Waals surface area contributed by atoms with Crippen molar-refractivity contribution in [2.45, 2.75) is 25.9 Å². The molecule has 0 bridgehead atoms. The summed E-state index contributed by atoms with van der Waals surface area (Å²) in [5.41, 5.74) is -1.11. The molecule has 0 saturated carbocycles. The second-order valence-corrected chi connectivity index (χ2v) is 3.92. The molecule has 0 amide bonds. The van der Waals surface area contributed by atoms with Crippen LogP contribution in [-0.4, -0.2) is 35.5 Å². The molecule has 0 unspecified atom stereocenters. The highest BCUT2D eigenvalue weighted by molar-refractivity contribution is 4.98. The molecule has 1 saturated heterocycles. The van der Waals surface area contributed by atoms with Gasteiger partial charge in [-0.2, -0.15) is 0 Å². The lowest BCUT2D eigenvalue weighted by Crippen LogP contribution is -2.47. The Hall–Kier alpha value is -0.120. The van der Waals surface area contributed by atoms with E-state index < -0.39 is 5.60 Å². The van der Waals surface area contributed by atoms with E-state index in [0.717, 1.165) is 13.0 Å². The first-order chi connectivity index (χ1) is 5.02. The Balaban J connectivity index is 2.75. The summed E-state index contributed by atoms with van der Waals surface area (Å²) in [4.78, 5) is 0. The molecular formula is C8H17NO2. The van der Waals surface area contributed by atoms with Crippen LogP contribution in [0.1, 0.15) is 20.3 Å². The molecule has 0 aliphatic carbocycles. The van der Waals surface area contributed by atoms with Gasteiger partial charge in [0.15, 0.2) is 0 Å². The maximum atomic E-state index is 9.77. The summed E-state index contributed by atoms with van der Waals surface area (Å²) >= 11 is 0. The zero-order valence-corrected chi connectivity index (χ0v) is 7.22. The molecule has 0 aromatic heterocycles. The van der Waals surface area contributed by atoms with Gasteiger partial charge in [0.05, 0.1) is 12.2 Å². The number of aliphatic hydroxyl groups excluding tert-OH is 1. The van der Waals surface area contributed by atoms with E-state index in [4.69, 9.17) is 5.11 Å². The van der Waals surface area contributed by atoms with E-state index in [0.29, 0.717) is 6.54 Å². The van der Waals surface area contributed by atoms with Crippen molar-refractivity contribution in [3.05, 3.63) is 0 Å². The number of rotatable bonds is 2. The Morgan fingerprint density at radius 3 is 2.36 bits per heavy atom. The van der Waals surface area contributed by atoms with E-state index in [1.807, 2.05) is 0 Å². The number of hydrogen-bond donors (Lipinski definition) is 3. The van der Waals surface area contributed by atoms with Crippen LogP contribution in [-0.2, 0) is 0 Å². The molecule has 1 aliphatic rings. The smallest absolute Gasteiger partial charge is 0.0682 e. The summed E-state index contributed by atoms with van der Waals surface area (Å²) in [7, 11) is 0. The third kappa shape index (κ3) is 1.41. The van der Waals surface area contributed by atoms with Gasteiger partial charge in [-0.05, 0) is 26.8 Å². The van der Waals surface area contributed by atoms with Crippen molar-refractivity contribution in [3.8, 4) is 0 Å². The van der Waals surface area contributed by atoms with E-state index in [9.17, 15) is 5.11 Å². The molecule has 3 nitrogen and oxygen atoms in total. The van der Waals surface area contributed by atoms with Crippen molar-refractivity contribution < 1.29 is 10.2 Å². The average molecular weight is 159 g/mol. The van der Waals surface area contributed by atoms with Gasteiger partial charge in [-0.25, -0.2) is 0 Å². The van der Waals surface area contributed by atoms with Gasteiger partial charge in [0, 0.05) is 12.0 Å². The summed E-state index contributed by atoms with van der Waals surface area (Å²) in [6, 6.07) is 0. The first kappa shape index (κ1) is 8.97. The van der Waals surface area contributed by atoms with Crippen LogP contribution in [0.4, 0.5) is 0 Å². The van der Waals surface area contributed by atoms with Gasteiger partial charge < -0.3 is 15.5 Å². The number of aliphatic hydroxyl groups is 2. The molecular weight excluding hydrogens is 142 g/mol. The van der Waals surface area contributed by atoms with Crippen LogP contribution in [0.2, 0.25) is 0 Å². The zero-order valence-electron chi connectivity index (χ0n) is 7.22. The quantitative estimate of drug-likeness (QED) is 0.520. The number of nitrogens with one attached hydrogen (secondary N) is 1. The summed E-state index contributed by atoms with van der Waals surface area (Å²) in [5, 5.41) is 22.1. The third-order valence-electron chi connectivity index (χ3n) is 2.84. The Morgan fingerprint density at radius 2 is 2.18 bits per heavy atom. The fourth-order valence-electron chi connectivity index (χ4n) is 1.59. The molecule has 1 rings (SSSR count). The van der Waals surface area contributed by atoms with Crippen molar-refractivity contribution in [1.29, 1.82) is 0 Å². The number of hydrogen-bond acceptors (Lipinski definition) is 3. The molecule has 11 heavy (non-hydrogen) atoms. The molecule has 0 spiro atoms. The fraction of sp³-hybridized carbons (Fsp3) is 1.00. The largest absolute Gasteiger partial charge is 0.396 e. The van der Waals surface area contributed by atoms with Crippen LogP contribution in [0.5, 0.6) is 0 Å². The summed E-state index contributed by atoms with van der Waals surface area (Å²) < 4.78 is 0. The molecule has 1 atom stereocenters. The normalized spacial score (nSPS) is 32.7. The summed E-state index contributed by atoms with van der Waals surface area (Å²) in [6.07, 6.45) is 0.854. The molecule has 3 N–H and O–H groups in total. The predicted molar refractivity (Wildman–Crippen MR) is 43.3 cm³/mol. The highest BCUT2D eigenvalue weighted by atomic mass is 16.3. The monoisotopic (exact) mass is 159 g/mol. The zero-order chi connectivity index (χ0) is 8.54. The minimum Gasteiger partial charge on any atom is -0.396 e. The van der Waals surface area contributed by atoms with Gasteiger partial charge in [-0.1, -0.05) is 0 Å². The van der Waals surface area contributed by atoms with Crippen molar-refractivity contribution in [1.82, 2.24) is 5.32 Å². The Labute approximate surface area is 67.4 Å². The topological polar surface area (TPSA) is 52.5 Å². The summed E-state index contributed by atoms with van der Waals surface area (Å²) in [5.74, 6) is 0. The lowest BCUT2D eigenvalue weighted by atomic mass is 9.74. The van der Waals surface area contributed by atoms with E-state index >= 15 is 0 Å². The average Bonchev–Trinajstić information content (AvgIpc) is 2.33. The molecule has 66 valence electrons. The third-order valence-corrected chi connectivity index (χ3v) is 2.84. The van der Waals surface area contributed by atoms with Gasteiger partial charge in [0.1, 0.15) is 0 Å². The van der Waals surface area contributed by atoms with Gasteiger partial charge in [-0.15, -0.1) is 0 Å². The minimum atomic E-state index is -0.786. The Kier molecular flexibility index (Phi) is 2.23. The van der Waals surface area contributed by atoms with Crippen LogP contribution in [0.3, 0.4) is 0 Å². The van der Waals surface area contributed by atoms with E-state index in [1.54, 1.807) is 13.8 Å². The SMILES string of the molecule is CC(C)(O)[C@@]1(CO)CCNC1. The van der Waals surface area contributed by atoms with E-state index in [1.165, 1.54) is 0 Å². The Morgan fingerprint density at radius 1 is 1.55 bits per heavy atom. The van der Waals surface area contributed by atoms with Crippen LogP contribution in [0.15, 0.2) is 0 Å². The molecule has 0 aromatic carbocycles. The summed E-state index contributed by atoms with van der Waals surface area (Å²) in [6.45, 7) is 5.19.